The van der Waals surface area contributed by atoms with Crippen molar-refractivity contribution in [2.24, 2.45) is 0 Å². The monoisotopic (exact) mass is 226 g/mol. The summed E-state index contributed by atoms with van der Waals surface area (Å²) in [5.41, 5.74) is 1.44. The van der Waals surface area contributed by atoms with E-state index in [1.807, 2.05) is 31.2 Å². The molecule has 84 valence electrons. The molecule has 0 bridgehead atoms. The van der Waals surface area contributed by atoms with Crippen LogP contribution < -0.4 is 5.56 Å². The molecule has 0 amide bonds. The van der Waals surface area contributed by atoms with Gasteiger partial charge in [0.25, 0.3) is 5.56 Å². The summed E-state index contributed by atoms with van der Waals surface area (Å²) in [5, 5.41) is 4.70. The molecule has 3 rings (SSSR count). The Labute approximate surface area is 96.7 Å². The van der Waals surface area contributed by atoms with E-state index in [2.05, 4.69) is 15.1 Å². The van der Waals surface area contributed by atoms with E-state index >= 15 is 0 Å². The van der Waals surface area contributed by atoms with Crippen LogP contribution in [0.5, 0.6) is 0 Å². The molecule has 3 aromatic rings. The topological polar surface area (TPSA) is 63.6 Å². The van der Waals surface area contributed by atoms with E-state index in [1.165, 1.54) is 0 Å². The predicted molar refractivity (Wildman–Crippen MR) is 64.2 cm³/mol. The number of nitrogens with zero attached hydrogens (tertiary/aromatic N) is 3. The van der Waals surface area contributed by atoms with Gasteiger partial charge in [-0.3, -0.25) is 9.78 Å². The number of fused-ring (bicyclic) bond motifs is 1. The highest BCUT2D eigenvalue weighted by atomic mass is 16.1. The summed E-state index contributed by atoms with van der Waals surface area (Å²) < 4.78 is 1.60. The molecule has 0 aliphatic rings. The highest BCUT2D eigenvalue weighted by Crippen LogP contribution is 2.08. The van der Waals surface area contributed by atoms with Crippen LogP contribution in [-0.2, 0) is 0 Å². The zero-order valence-corrected chi connectivity index (χ0v) is 9.21. The van der Waals surface area contributed by atoms with Gasteiger partial charge in [0, 0.05) is 11.9 Å². The molecule has 0 saturated heterocycles. The Morgan fingerprint density at radius 3 is 2.82 bits per heavy atom. The maximum atomic E-state index is 11.9. The van der Waals surface area contributed by atoms with Crippen molar-refractivity contribution in [3.63, 3.8) is 0 Å². The molecule has 0 fully saturated rings. The summed E-state index contributed by atoms with van der Waals surface area (Å²) in [6.07, 6.45) is 1.67. The number of benzene rings is 1. The second-order valence-corrected chi connectivity index (χ2v) is 3.79. The summed E-state index contributed by atoms with van der Waals surface area (Å²) >= 11 is 0. The Hall–Kier alpha value is -2.43. The van der Waals surface area contributed by atoms with Crippen molar-refractivity contribution in [2.45, 2.75) is 6.92 Å². The number of para-hydroxylation sites is 1. The van der Waals surface area contributed by atoms with Crippen molar-refractivity contribution in [1.29, 1.82) is 0 Å². The molecule has 0 unspecified atom stereocenters. The van der Waals surface area contributed by atoms with Crippen LogP contribution in [0.15, 0.2) is 41.3 Å². The van der Waals surface area contributed by atoms with Gasteiger partial charge in [0.05, 0.1) is 10.9 Å². The van der Waals surface area contributed by atoms with Crippen LogP contribution in [0.2, 0.25) is 0 Å². The van der Waals surface area contributed by atoms with Gasteiger partial charge in [-0.1, -0.05) is 12.1 Å². The molecule has 0 aliphatic carbocycles. The van der Waals surface area contributed by atoms with Gasteiger partial charge in [0.15, 0.2) is 0 Å². The standard InChI is InChI=1S/C12H10N4O/c1-8-6-7-13-16(8)12-14-10-5-3-2-4-9(10)11(17)15-12/h2-7H,1H3,(H,14,15,17). The molecule has 1 N–H and O–H groups in total. The molecule has 0 saturated carbocycles. The summed E-state index contributed by atoms with van der Waals surface area (Å²) in [6, 6.07) is 9.09. The molecule has 5 nitrogen and oxygen atoms in total. The minimum absolute atomic E-state index is 0.152. The van der Waals surface area contributed by atoms with E-state index in [4.69, 9.17) is 0 Å². The molecule has 1 aromatic carbocycles. The van der Waals surface area contributed by atoms with Gasteiger partial charge in [-0.15, -0.1) is 0 Å². The Morgan fingerprint density at radius 1 is 1.24 bits per heavy atom. The van der Waals surface area contributed by atoms with Crippen molar-refractivity contribution in [1.82, 2.24) is 19.7 Å². The van der Waals surface area contributed by atoms with E-state index in [0.29, 0.717) is 16.9 Å². The maximum Gasteiger partial charge on any atom is 0.260 e. The van der Waals surface area contributed by atoms with Crippen LogP contribution in [-0.4, -0.2) is 19.7 Å². The van der Waals surface area contributed by atoms with E-state index in [-0.39, 0.29) is 5.56 Å². The van der Waals surface area contributed by atoms with Crippen molar-refractivity contribution >= 4 is 10.9 Å². The average Bonchev–Trinajstić information content (AvgIpc) is 2.75. The third kappa shape index (κ3) is 1.52. The fraction of sp³-hybridized carbons (Fsp3) is 0.0833. The number of rotatable bonds is 1. The minimum Gasteiger partial charge on any atom is -0.290 e. The lowest BCUT2D eigenvalue weighted by Crippen LogP contribution is -2.14. The number of aromatic amines is 1. The fourth-order valence-corrected chi connectivity index (χ4v) is 1.77. The van der Waals surface area contributed by atoms with Gasteiger partial charge in [-0.25, -0.2) is 9.67 Å². The van der Waals surface area contributed by atoms with Crippen LogP contribution >= 0.6 is 0 Å². The lowest BCUT2D eigenvalue weighted by atomic mass is 10.2. The summed E-state index contributed by atoms with van der Waals surface area (Å²) in [4.78, 5) is 19.0. The van der Waals surface area contributed by atoms with Crippen LogP contribution in [0.3, 0.4) is 0 Å². The van der Waals surface area contributed by atoms with Crippen LogP contribution in [0.1, 0.15) is 5.69 Å². The molecule has 2 heterocycles. The number of nitrogens with one attached hydrogen (secondary N) is 1. The van der Waals surface area contributed by atoms with Crippen molar-refractivity contribution in [3.8, 4) is 5.95 Å². The summed E-state index contributed by atoms with van der Waals surface area (Å²) in [7, 11) is 0. The molecule has 0 atom stereocenters. The Kier molecular flexibility index (Phi) is 2.04. The van der Waals surface area contributed by atoms with Crippen molar-refractivity contribution < 1.29 is 0 Å². The first kappa shape index (κ1) is 9.77. The largest absolute Gasteiger partial charge is 0.290 e. The highest BCUT2D eigenvalue weighted by Gasteiger charge is 2.06. The molecular weight excluding hydrogens is 216 g/mol. The molecule has 0 radical (unpaired) electrons. The SMILES string of the molecule is Cc1ccnn1-c1nc2ccccc2c(=O)[nH]1. The lowest BCUT2D eigenvalue weighted by Gasteiger charge is -2.04. The van der Waals surface area contributed by atoms with Gasteiger partial charge in [-0.05, 0) is 25.1 Å². The maximum absolute atomic E-state index is 11.9. The molecule has 5 heteroatoms. The number of aryl methyl sites for hydroxylation is 1. The molecule has 0 spiro atoms. The van der Waals surface area contributed by atoms with Gasteiger partial charge in [0.2, 0.25) is 5.95 Å². The molecule has 2 aromatic heterocycles. The fourth-order valence-electron chi connectivity index (χ4n) is 1.77. The van der Waals surface area contributed by atoms with E-state index in [9.17, 15) is 4.79 Å². The van der Waals surface area contributed by atoms with Crippen LogP contribution in [0, 0.1) is 6.92 Å². The third-order valence-corrected chi connectivity index (χ3v) is 2.63. The lowest BCUT2D eigenvalue weighted by molar-refractivity contribution is 0.785. The first-order valence-electron chi connectivity index (χ1n) is 5.26. The van der Waals surface area contributed by atoms with Crippen LogP contribution in [0.4, 0.5) is 0 Å². The zero-order chi connectivity index (χ0) is 11.8. The summed E-state index contributed by atoms with van der Waals surface area (Å²) in [6.45, 7) is 1.90. The summed E-state index contributed by atoms with van der Waals surface area (Å²) in [5.74, 6) is 0.441. The van der Waals surface area contributed by atoms with Gasteiger partial charge in [0.1, 0.15) is 0 Å². The third-order valence-electron chi connectivity index (χ3n) is 2.63. The minimum atomic E-state index is -0.152. The molecular formula is C12H10N4O. The van der Waals surface area contributed by atoms with Gasteiger partial charge >= 0.3 is 0 Å². The van der Waals surface area contributed by atoms with Crippen LogP contribution in [0.25, 0.3) is 16.9 Å². The first-order chi connectivity index (χ1) is 8.25. The Bertz CT molecular complexity index is 741. The Morgan fingerprint density at radius 2 is 2.06 bits per heavy atom. The highest BCUT2D eigenvalue weighted by molar-refractivity contribution is 5.77. The number of H-pyrrole nitrogens is 1. The van der Waals surface area contributed by atoms with E-state index in [0.717, 1.165) is 5.69 Å². The second-order valence-electron chi connectivity index (χ2n) is 3.79. The first-order valence-corrected chi connectivity index (χ1v) is 5.26. The number of hydrogen-bond acceptors (Lipinski definition) is 3. The smallest absolute Gasteiger partial charge is 0.260 e. The van der Waals surface area contributed by atoms with Gasteiger partial charge in [-0.2, -0.15) is 5.10 Å². The Balaban J connectivity index is 2.33. The van der Waals surface area contributed by atoms with E-state index in [1.54, 1.807) is 16.9 Å². The quantitative estimate of drug-likeness (QED) is 0.682. The van der Waals surface area contributed by atoms with E-state index < -0.39 is 0 Å². The predicted octanol–water partition coefficient (Wildman–Crippen LogP) is 1.42. The normalized spacial score (nSPS) is 10.9. The zero-order valence-electron chi connectivity index (χ0n) is 9.21. The second kappa shape index (κ2) is 3.55. The average molecular weight is 226 g/mol. The van der Waals surface area contributed by atoms with Crippen molar-refractivity contribution in [3.05, 3.63) is 52.6 Å². The van der Waals surface area contributed by atoms with Crippen molar-refractivity contribution in [2.75, 3.05) is 0 Å². The number of aromatic nitrogens is 4. The molecule has 0 aliphatic heterocycles. The number of hydrogen-bond donors (Lipinski definition) is 1. The van der Waals surface area contributed by atoms with Gasteiger partial charge < -0.3 is 0 Å². The molecule has 17 heavy (non-hydrogen) atoms.